The summed E-state index contributed by atoms with van der Waals surface area (Å²) in [4.78, 5) is 25.5. The Hall–Kier alpha value is -1.10. The molecule has 2 N–H and O–H groups in total. The van der Waals surface area contributed by atoms with Crippen LogP contribution in [0.2, 0.25) is 0 Å². The summed E-state index contributed by atoms with van der Waals surface area (Å²) in [5.41, 5.74) is -0.303. The largest absolute Gasteiger partial charge is 0.333 e. The summed E-state index contributed by atoms with van der Waals surface area (Å²) in [6.07, 6.45) is 0.922. The van der Waals surface area contributed by atoms with E-state index in [1.54, 1.807) is 0 Å². The summed E-state index contributed by atoms with van der Waals surface area (Å²) >= 11 is 0. The second-order valence-corrected chi connectivity index (χ2v) is 6.09. The quantitative estimate of drug-likeness (QED) is 0.649. The fraction of sp³-hybridized carbons (Fsp3) is 0.833. The molecular weight excluding hydrogens is 218 g/mol. The Bertz CT molecular complexity index is 335. The molecule has 0 radical (unpaired) electrons. The molecule has 2 rings (SSSR count). The average Bonchev–Trinajstić information content (AvgIpc) is 2.21. The van der Waals surface area contributed by atoms with E-state index in [4.69, 9.17) is 0 Å². The van der Waals surface area contributed by atoms with Gasteiger partial charge in [-0.25, -0.2) is 4.79 Å². The molecule has 0 spiro atoms. The van der Waals surface area contributed by atoms with Gasteiger partial charge in [0.25, 0.3) is 0 Å². The van der Waals surface area contributed by atoms with Crippen molar-refractivity contribution in [1.29, 1.82) is 0 Å². The smallest absolute Gasteiger partial charge is 0.324 e. The SMILES string of the molecule is CC(C)(C)NC(=O)N1CC2CNCC(C2)C1=O. The summed E-state index contributed by atoms with van der Waals surface area (Å²) in [5.74, 6) is 0.362. The van der Waals surface area contributed by atoms with Crippen molar-refractivity contribution in [1.82, 2.24) is 15.5 Å². The molecule has 5 nitrogen and oxygen atoms in total. The minimum Gasteiger partial charge on any atom is -0.333 e. The first kappa shape index (κ1) is 12.4. The number of nitrogens with zero attached hydrogens (tertiary/aromatic N) is 1. The van der Waals surface area contributed by atoms with Crippen LogP contribution in [0.4, 0.5) is 4.79 Å². The maximum absolute atomic E-state index is 12.1. The number of hydrogen-bond donors (Lipinski definition) is 2. The van der Waals surface area contributed by atoms with E-state index in [1.165, 1.54) is 4.90 Å². The van der Waals surface area contributed by atoms with Gasteiger partial charge < -0.3 is 10.6 Å². The number of hydrogen-bond acceptors (Lipinski definition) is 3. The van der Waals surface area contributed by atoms with Gasteiger partial charge in [0.1, 0.15) is 0 Å². The van der Waals surface area contributed by atoms with E-state index in [1.807, 2.05) is 20.8 Å². The number of piperidine rings is 2. The van der Waals surface area contributed by atoms with Crippen LogP contribution in [-0.4, -0.2) is 42.0 Å². The van der Waals surface area contributed by atoms with Gasteiger partial charge >= 0.3 is 6.03 Å². The predicted octanol–water partition coefficient (Wildman–Crippen LogP) is 0.562. The summed E-state index contributed by atoms with van der Waals surface area (Å²) in [5, 5.41) is 6.10. The highest BCUT2D eigenvalue weighted by atomic mass is 16.2. The van der Waals surface area contributed by atoms with Crippen LogP contribution in [0.5, 0.6) is 0 Å². The third-order valence-electron chi connectivity index (χ3n) is 3.22. The van der Waals surface area contributed by atoms with E-state index in [0.717, 1.165) is 13.0 Å². The Morgan fingerprint density at radius 3 is 2.76 bits per heavy atom. The minimum absolute atomic E-state index is 0.0202. The molecule has 17 heavy (non-hydrogen) atoms. The zero-order valence-electron chi connectivity index (χ0n) is 10.7. The molecule has 2 aliphatic heterocycles. The third-order valence-corrected chi connectivity index (χ3v) is 3.22. The molecule has 0 aromatic heterocycles. The van der Waals surface area contributed by atoms with E-state index < -0.39 is 0 Å². The average molecular weight is 239 g/mol. The van der Waals surface area contributed by atoms with E-state index >= 15 is 0 Å². The number of urea groups is 1. The summed E-state index contributed by atoms with van der Waals surface area (Å²) in [7, 11) is 0. The van der Waals surface area contributed by atoms with Gasteiger partial charge in [0.2, 0.25) is 5.91 Å². The van der Waals surface area contributed by atoms with Crippen molar-refractivity contribution in [2.45, 2.75) is 32.7 Å². The summed E-state index contributed by atoms with van der Waals surface area (Å²) in [6.45, 7) is 7.91. The van der Waals surface area contributed by atoms with Crippen molar-refractivity contribution in [3.05, 3.63) is 0 Å². The van der Waals surface area contributed by atoms with E-state index in [0.29, 0.717) is 19.0 Å². The Kier molecular flexibility index (Phi) is 3.12. The van der Waals surface area contributed by atoms with Crippen molar-refractivity contribution in [3.63, 3.8) is 0 Å². The molecule has 2 fully saturated rings. The lowest BCUT2D eigenvalue weighted by Crippen LogP contribution is -2.60. The van der Waals surface area contributed by atoms with Crippen LogP contribution < -0.4 is 10.6 Å². The standard InChI is InChI=1S/C12H21N3O2/c1-12(2,3)14-11(17)15-7-8-4-9(10(15)16)6-13-5-8/h8-9,13H,4-7H2,1-3H3,(H,14,17). The van der Waals surface area contributed by atoms with Crippen molar-refractivity contribution in [2.24, 2.45) is 11.8 Å². The van der Waals surface area contributed by atoms with Crippen LogP contribution in [0.15, 0.2) is 0 Å². The second kappa shape index (κ2) is 4.29. The molecule has 0 aliphatic carbocycles. The first-order chi connectivity index (χ1) is 7.87. The van der Waals surface area contributed by atoms with Gasteiger partial charge in [0.05, 0.1) is 5.92 Å². The highest BCUT2D eigenvalue weighted by Crippen LogP contribution is 2.25. The molecule has 2 saturated heterocycles. The van der Waals surface area contributed by atoms with E-state index in [-0.39, 0.29) is 23.4 Å². The fourth-order valence-corrected chi connectivity index (χ4v) is 2.50. The lowest BCUT2D eigenvalue weighted by molar-refractivity contribution is -0.137. The normalized spacial score (nSPS) is 29.1. The first-order valence-electron chi connectivity index (χ1n) is 6.21. The first-order valence-corrected chi connectivity index (χ1v) is 6.21. The molecule has 0 aromatic rings. The number of carbonyl (C=O) groups is 2. The Morgan fingerprint density at radius 2 is 2.12 bits per heavy atom. The van der Waals surface area contributed by atoms with Gasteiger partial charge in [-0.2, -0.15) is 0 Å². The highest BCUT2D eigenvalue weighted by Gasteiger charge is 2.40. The maximum Gasteiger partial charge on any atom is 0.324 e. The molecule has 3 amide bonds. The maximum atomic E-state index is 12.1. The van der Waals surface area contributed by atoms with Gasteiger partial charge in [-0.15, -0.1) is 0 Å². The molecule has 2 atom stereocenters. The molecule has 5 heteroatoms. The Labute approximate surface area is 102 Å². The molecule has 2 unspecified atom stereocenters. The topological polar surface area (TPSA) is 61.4 Å². The third kappa shape index (κ3) is 2.77. The molecule has 0 saturated carbocycles. The number of imide groups is 1. The molecule has 2 bridgehead atoms. The van der Waals surface area contributed by atoms with Crippen molar-refractivity contribution < 1.29 is 9.59 Å². The van der Waals surface area contributed by atoms with Gasteiger partial charge in [0, 0.05) is 18.6 Å². The molecule has 0 aromatic carbocycles. The van der Waals surface area contributed by atoms with Gasteiger partial charge in [-0.3, -0.25) is 9.69 Å². The van der Waals surface area contributed by atoms with Crippen LogP contribution in [0.3, 0.4) is 0 Å². The number of nitrogens with one attached hydrogen (secondary N) is 2. The van der Waals surface area contributed by atoms with Crippen LogP contribution in [0.1, 0.15) is 27.2 Å². The number of rotatable bonds is 0. The van der Waals surface area contributed by atoms with Crippen LogP contribution in [0, 0.1) is 11.8 Å². The number of likely N-dealkylation sites (tertiary alicyclic amines) is 1. The van der Waals surface area contributed by atoms with Crippen LogP contribution in [0.25, 0.3) is 0 Å². The summed E-state index contributed by atoms with van der Waals surface area (Å²) in [6, 6.07) is -0.251. The highest BCUT2D eigenvalue weighted by molar-refractivity contribution is 5.96. The molecule has 96 valence electrons. The van der Waals surface area contributed by atoms with Crippen LogP contribution >= 0.6 is 0 Å². The number of carbonyl (C=O) groups excluding carboxylic acids is 2. The minimum atomic E-state index is -0.303. The van der Waals surface area contributed by atoms with Gasteiger partial charge in [0.15, 0.2) is 0 Å². The van der Waals surface area contributed by atoms with E-state index in [9.17, 15) is 9.59 Å². The number of fused-ring (bicyclic) bond motifs is 2. The zero-order valence-corrected chi connectivity index (χ0v) is 10.7. The Morgan fingerprint density at radius 1 is 1.41 bits per heavy atom. The predicted molar refractivity (Wildman–Crippen MR) is 64.5 cm³/mol. The lowest BCUT2D eigenvalue weighted by Gasteiger charge is -2.40. The fourth-order valence-electron chi connectivity index (χ4n) is 2.50. The summed E-state index contributed by atoms with van der Waals surface area (Å²) < 4.78 is 0. The van der Waals surface area contributed by atoms with Crippen molar-refractivity contribution in [3.8, 4) is 0 Å². The lowest BCUT2D eigenvalue weighted by atomic mass is 9.85. The molecule has 2 heterocycles. The molecule has 2 aliphatic rings. The Balaban J connectivity index is 2.05. The van der Waals surface area contributed by atoms with Gasteiger partial charge in [-0.05, 0) is 39.7 Å². The number of amides is 3. The zero-order chi connectivity index (χ0) is 12.6. The monoisotopic (exact) mass is 239 g/mol. The van der Waals surface area contributed by atoms with E-state index in [2.05, 4.69) is 10.6 Å². The van der Waals surface area contributed by atoms with Crippen LogP contribution in [-0.2, 0) is 4.79 Å². The van der Waals surface area contributed by atoms with Crippen molar-refractivity contribution in [2.75, 3.05) is 19.6 Å². The van der Waals surface area contributed by atoms with Gasteiger partial charge in [-0.1, -0.05) is 0 Å². The van der Waals surface area contributed by atoms with Crippen molar-refractivity contribution >= 4 is 11.9 Å². The molecular formula is C12H21N3O2. The second-order valence-electron chi connectivity index (χ2n) is 6.09.